The van der Waals surface area contributed by atoms with Gasteiger partial charge in [0.25, 0.3) is 0 Å². The van der Waals surface area contributed by atoms with Gasteiger partial charge >= 0.3 is 0 Å². The van der Waals surface area contributed by atoms with Gasteiger partial charge in [-0.25, -0.2) is 4.99 Å². The molecule has 2 aliphatic rings. The van der Waals surface area contributed by atoms with E-state index < -0.39 is 0 Å². The lowest BCUT2D eigenvalue weighted by molar-refractivity contribution is 0.216. The summed E-state index contributed by atoms with van der Waals surface area (Å²) in [6, 6.07) is 16.8. The lowest BCUT2D eigenvalue weighted by atomic mass is 9.92. The van der Waals surface area contributed by atoms with Crippen molar-refractivity contribution in [2.24, 2.45) is 4.99 Å². The molecule has 4 heteroatoms. The van der Waals surface area contributed by atoms with Crippen LogP contribution in [-0.4, -0.2) is 48.9 Å². The predicted octanol–water partition coefficient (Wildman–Crippen LogP) is 3.59. The molecule has 130 valence electrons. The van der Waals surface area contributed by atoms with Gasteiger partial charge in [-0.2, -0.15) is 5.26 Å². The Morgan fingerprint density at radius 2 is 1.73 bits per heavy atom. The van der Waals surface area contributed by atoms with Crippen molar-refractivity contribution in [3.05, 3.63) is 70.8 Å². The van der Waals surface area contributed by atoms with Gasteiger partial charge in [0, 0.05) is 49.0 Å². The van der Waals surface area contributed by atoms with Gasteiger partial charge in [0.2, 0.25) is 0 Å². The van der Waals surface area contributed by atoms with Gasteiger partial charge < -0.3 is 9.80 Å². The van der Waals surface area contributed by atoms with Crippen molar-refractivity contribution in [2.45, 2.75) is 6.92 Å². The highest BCUT2D eigenvalue weighted by atomic mass is 15.3. The third kappa shape index (κ3) is 2.91. The number of rotatable bonds is 0. The molecule has 2 heterocycles. The van der Waals surface area contributed by atoms with E-state index in [4.69, 9.17) is 4.99 Å². The molecule has 0 aliphatic carbocycles. The first kappa shape index (κ1) is 16.6. The number of piperazine rings is 1. The Kier molecular flexibility index (Phi) is 4.32. The fraction of sp³-hybridized carbons (Fsp3) is 0.273. The van der Waals surface area contributed by atoms with E-state index >= 15 is 0 Å². The van der Waals surface area contributed by atoms with E-state index in [1.54, 1.807) is 6.08 Å². The third-order valence-electron chi connectivity index (χ3n) is 5.14. The normalized spacial score (nSPS) is 18.6. The Balaban J connectivity index is 1.94. The second-order valence-electron chi connectivity index (χ2n) is 6.98. The van der Waals surface area contributed by atoms with Gasteiger partial charge in [-0.3, -0.25) is 0 Å². The molecule has 0 unspecified atom stereocenters. The molecule has 0 saturated carbocycles. The number of benzene rings is 2. The first-order chi connectivity index (χ1) is 12.7. The van der Waals surface area contributed by atoms with Crippen LogP contribution in [0.3, 0.4) is 0 Å². The SMILES string of the molecule is Cc1ccc2c(c1)N=C(N1CCN(C)CC1)c1ccccc1/C2=C\C#N. The molecule has 0 N–H and O–H groups in total. The number of likely N-dealkylation sites (N-methyl/N-ethyl adjacent to an activating group) is 1. The molecule has 4 nitrogen and oxygen atoms in total. The molecular weight excluding hydrogens is 320 g/mol. The minimum atomic E-state index is 0.941. The lowest BCUT2D eigenvalue weighted by Gasteiger charge is -2.35. The summed E-state index contributed by atoms with van der Waals surface area (Å²) in [6.45, 7) is 6.06. The Morgan fingerprint density at radius 1 is 1.00 bits per heavy atom. The van der Waals surface area contributed by atoms with E-state index in [0.717, 1.165) is 60.0 Å². The Bertz CT molecular complexity index is 941. The van der Waals surface area contributed by atoms with E-state index in [1.807, 2.05) is 6.07 Å². The van der Waals surface area contributed by atoms with Crippen molar-refractivity contribution in [3.63, 3.8) is 0 Å². The van der Waals surface area contributed by atoms with Gasteiger partial charge in [-0.05, 0) is 31.2 Å². The molecule has 26 heavy (non-hydrogen) atoms. The minimum absolute atomic E-state index is 0.941. The lowest BCUT2D eigenvalue weighted by Crippen LogP contribution is -2.47. The number of aliphatic imine (C=N–C) groups is 1. The van der Waals surface area contributed by atoms with Crippen LogP contribution in [0, 0.1) is 18.3 Å². The smallest absolute Gasteiger partial charge is 0.137 e. The van der Waals surface area contributed by atoms with Gasteiger partial charge in [0.15, 0.2) is 0 Å². The first-order valence-corrected chi connectivity index (χ1v) is 9.00. The van der Waals surface area contributed by atoms with Crippen LogP contribution in [0.1, 0.15) is 22.3 Å². The van der Waals surface area contributed by atoms with Gasteiger partial charge in [-0.15, -0.1) is 0 Å². The van der Waals surface area contributed by atoms with Gasteiger partial charge in [0.05, 0.1) is 11.8 Å². The zero-order chi connectivity index (χ0) is 18.1. The average molecular weight is 342 g/mol. The maximum absolute atomic E-state index is 9.38. The molecule has 2 aromatic rings. The summed E-state index contributed by atoms with van der Waals surface area (Å²) in [7, 11) is 2.16. The van der Waals surface area contributed by atoms with E-state index in [0.29, 0.717) is 0 Å². The molecule has 1 saturated heterocycles. The van der Waals surface area contributed by atoms with Crippen molar-refractivity contribution in [1.29, 1.82) is 5.26 Å². The average Bonchev–Trinajstić information content (AvgIpc) is 2.78. The molecule has 1 fully saturated rings. The molecule has 0 aromatic heterocycles. The van der Waals surface area contributed by atoms with Crippen molar-refractivity contribution < 1.29 is 0 Å². The number of hydrogen-bond donors (Lipinski definition) is 0. The number of hydrogen-bond acceptors (Lipinski definition) is 4. The Morgan fingerprint density at radius 3 is 2.46 bits per heavy atom. The van der Waals surface area contributed by atoms with Crippen LogP contribution in [0.5, 0.6) is 0 Å². The molecule has 0 spiro atoms. The summed E-state index contributed by atoms with van der Waals surface area (Å²) in [5.74, 6) is 1.02. The van der Waals surface area contributed by atoms with E-state index in [1.165, 1.54) is 5.56 Å². The predicted molar refractivity (Wildman–Crippen MR) is 106 cm³/mol. The maximum Gasteiger partial charge on any atom is 0.137 e. The highest BCUT2D eigenvalue weighted by Crippen LogP contribution is 2.37. The molecule has 0 radical (unpaired) electrons. The zero-order valence-corrected chi connectivity index (χ0v) is 15.2. The van der Waals surface area contributed by atoms with Gasteiger partial charge in [0.1, 0.15) is 5.84 Å². The maximum atomic E-state index is 9.38. The van der Waals surface area contributed by atoms with E-state index in [9.17, 15) is 5.26 Å². The third-order valence-corrected chi connectivity index (χ3v) is 5.14. The number of allylic oxidation sites excluding steroid dienone is 1. The van der Waals surface area contributed by atoms with Crippen LogP contribution in [0.15, 0.2) is 53.5 Å². The minimum Gasteiger partial charge on any atom is -0.354 e. The summed E-state index contributed by atoms with van der Waals surface area (Å²) in [5, 5.41) is 9.38. The van der Waals surface area contributed by atoms with E-state index in [-0.39, 0.29) is 0 Å². The molecular formula is C22H22N4. The first-order valence-electron chi connectivity index (χ1n) is 9.00. The Hall–Kier alpha value is -2.90. The number of nitrogens with zero attached hydrogens (tertiary/aromatic N) is 4. The molecule has 0 atom stereocenters. The van der Waals surface area contributed by atoms with Crippen LogP contribution in [0.4, 0.5) is 5.69 Å². The fourth-order valence-electron chi connectivity index (χ4n) is 3.67. The number of nitriles is 1. The number of aryl methyl sites for hydroxylation is 1. The highest BCUT2D eigenvalue weighted by molar-refractivity contribution is 6.08. The summed E-state index contributed by atoms with van der Waals surface area (Å²) in [4.78, 5) is 9.82. The second kappa shape index (κ2) is 6.78. The fourth-order valence-corrected chi connectivity index (χ4v) is 3.67. The summed E-state index contributed by atoms with van der Waals surface area (Å²) < 4.78 is 0. The van der Waals surface area contributed by atoms with Crippen LogP contribution >= 0.6 is 0 Å². The van der Waals surface area contributed by atoms with Crippen molar-refractivity contribution in [2.75, 3.05) is 33.2 Å². The molecule has 2 aromatic carbocycles. The quantitative estimate of drug-likeness (QED) is 0.687. The van der Waals surface area contributed by atoms with Crippen LogP contribution < -0.4 is 0 Å². The van der Waals surface area contributed by atoms with Crippen LogP contribution in [0.2, 0.25) is 0 Å². The van der Waals surface area contributed by atoms with Crippen molar-refractivity contribution in [1.82, 2.24) is 9.80 Å². The standard InChI is InChI=1S/C22H22N4/c1-16-7-8-19-18(9-10-23)17-5-3-4-6-20(17)22(24-21(19)15-16)26-13-11-25(2)12-14-26/h3-9,15H,11-14H2,1-2H3/b18-9+. The summed E-state index contributed by atoms with van der Waals surface area (Å²) in [6.07, 6.45) is 1.65. The molecule has 0 amide bonds. The summed E-state index contributed by atoms with van der Waals surface area (Å²) in [5.41, 5.74) is 6.27. The van der Waals surface area contributed by atoms with Crippen molar-refractivity contribution in [3.8, 4) is 6.07 Å². The Labute approximate surface area is 154 Å². The second-order valence-corrected chi connectivity index (χ2v) is 6.98. The van der Waals surface area contributed by atoms with Gasteiger partial charge in [-0.1, -0.05) is 36.4 Å². The van der Waals surface area contributed by atoms with Crippen LogP contribution in [0.25, 0.3) is 5.57 Å². The zero-order valence-electron chi connectivity index (χ0n) is 15.2. The molecule has 2 aliphatic heterocycles. The number of amidine groups is 1. The molecule has 0 bridgehead atoms. The molecule has 4 rings (SSSR count). The van der Waals surface area contributed by atoms with Crippen molar-refractivity contribution >= 4 is 17.1 Å². The van der Waals surface area contributed by atoms with Crippen LogP contribution in [-0.2, 0) is 0 Å². The topological polar surface area (TPSA) is 42.6 Å². The summed E-state index contributed by atoms with van der Waals surface area (Å²) >= 11 is 0. The largest absolute Gasteiger partial charge is 0.354 e. The van der Waals surface area contributed by atoms with E-state index in [2.05, 4.69) is 66.2 Å². The highest BCUT2D eigenvalue weighted by Gasteiger charge is 2.26. The number of fused-ring (bicyclic) bond motifs is 2. The monoisotopic (exact) mass is 342 g/mol.